The van der Waals surface area contributed by atoms with E-state index in [1.807, 2.05) is 24.3 Å². The lowest BCUT2D eigenvalue weighted by Gasteiger charge is -2.08. The molecule has 0 aliphatic rings. The summed E-state index contributed by atoms with van der Waals surface area (Å²) < 4.78 is 15.8. The zero-order valence-electron chi connectivity index (χ0n) is 13.8. The molecule has 0 fully saturated rings. The molecular formula is C20H20O4. The Labute approximate surface area is 142 Å². The molecule has 0 saturated carbocycles. The number of benzene rings is 2. The van der Waals surface area contributed by atoms with E-state index in [2.05, 4.69) is 6.58 Å². The second-order valence-corrected chi connectivity index (χ2v) is 4.94. The Morgan fingerprint density at radius 2 is 1.75 bits per heavy atom. The molecule has 0 saturated heterocycles. The standard InChI is InChI=1S/C20H20O4/c1-4-13-24-17-9-5-15(6-10-17)7-11-18(21)16-8-12-19(22-2)20(14-16)23-3/h4-12,14H,1,13H2,2-3H3/b11-7-. The average Bonchev–Trinajstić information content (AvgIpc) is 2.64. The molecule has 0 aliphatic heterocycles. The normalized spacial score (nSPS) is 10.4. The Morgan fingerprint density at radius 1 is 1.04 bits per heavy atom. The molecule has 4 nitrogen and oxygen atoms in total. The number of carbonyl (C=O) groups excluding carboxylic acids is 1. The van der Waals surface area contributed by atoms with Crippen molar-refractivity contribution in [2.24, 2.45) is 0 Å². The molecule has 0 radical (unpaired) electrons. The molecular weight excluding hydrogens is 304 g/mol. The van der Waals surface area contributed by atoms with Gasteiger partial charge < -0.3 is 14.2 Å². The molecule has 2 aromatic carbocycles. The average molecular weight is 324 g/mol. The van der Waals surface area contributed by atoms with E-state index in [0.29, 0.717) is 23.7 Å². The molecule has 0 heterocycles. The number of carbonyl (C=O) groups is 1. The van der Waals surface area contributed by atoms with Crippen molar-refractivity contribution in [2.75, 3.05) is 20.8 Å². The predicted molar refractivity (Wildman–Crippen MR) is 95.0 cm³/mol. The van der Waals surface area contributed by atoms with Crippen molar-refractivity contribution in [1.82, 2.24) is 0 Å². The van der Waals surface area contributed by atoms with Crippen molar-refractivity contribution in [2.45, 2.75) is 0 Å². The quantitative estimate of drug-likeness (QED) is 0.415. The third-order valence-corrected chi connectivity index (χ3v) is 3.34. The first-order valence-electron chi connectivity index (χ1n) is 7.46. The second-order valence-electron chi connectivity index (χ2n) is 4.94. The maximum atomic E-state index is 12.3. The highest BCUT2D eigenvalue weighted by molar-refractivity contribution is 6.07. The van der Waals surface area contributed by atoms with Crippen LogP contribution in [0.25, 0.3) is 6.08 Å². The zero-order valence-corrected chi connectivity index (χ0v) is 13.8. The van der Waals surface area contributed by atoms with Crippen molar-refractivity contribution >= 4 is 11.9 Å². The van der Waals surface area contributed by atoms with E-state index in [1.165, 1.54) is 13.2 Å². The number of hydrogen-bond acceptors (Lipinski definition) is 4. The largest absolute Gasteiger partial charge is 0.493 e. The third-order valence-electron chi connectivity index (χ3n) is 3.34. The molecule has 0 N–H and O–H groups in total. The van der Waals surface area contributed by atoms with Crippen LogP contribution in [-0.2, 0) is 0 Å². The first-order chi connectivity index (χ1) is 11.7. The number of methoxy groups -OCH3 is 2. The van der Waals surface area contributed by atoms with Gasteiger partial charge in [0.05, 0.1) is 14.2 Å². The monoisotopic (exact) mass is 324 g/mol. The SMILES string of the molecule is C=CCOc1ccc(/C=C\C(=O)c2ccc(OC)c(OC)c2)cc1. The summed E-state index contributed by atoms with van der Waals surface area (Å²) in [6, 6.07) is 12.6. The molecule has 24 heavy (non-hydrogen) atoms. The van der Waals surface area contributed by atoms with Crippen LogP contribution >= 0.6 is 0 Å². The number of hydrogen-bond donors (Lipinski definition) is 0. The van der Waals surface area contributed by atoms with Crippen LogP contribution in [0, 0.1) is 0 Å². The first kappa shape index (κ1) is 17.3. The first-order valence-corrected chi connectivity index (χ1v) is 7.46. The van der Waals surface area contributed by atoms with E-state index in [1.54, 1.807) is 37.5 Å². The molecule has 2 aromatic rings. The van der Waals surface area contributed by atoms with Crippen molar-refractivity contribution < 1.29 is 19.0 Å². The molecule has 0 amide bonds. The van der Waals surface area contributed by atoms with Gasteiger partial charge in [-0.2, -0.15) is 0 Å². The minimum atomic E-state index is -0.108. The summed E-state index contributed by atoms with van der Waals surface area (Å²) in [5.74, 6) is 1.77. The minimum absolute atomic E-state index is 0.108. The van der Waals surface area contributed by atoms with Gasteiger partial charge in [-0.05, 0) is 42.0 Å². The summed E-state index contributed by atoms with van der Waals surface area (Å²) in [6.07, 6.45) is 4.98. The Balaban J connectivity index is 2.08. The van der Waals surface area contributed by atoms with Crippen LogP contribution in [0.15, 0.2) is 61.2 Å². The van der Waals surface area contributed by atoms with Crippen LogP contribution in [0.4, 0.5) is 0 Å². The number of ketones is 1. The van der Waals surface area contributed by atoms with E-state index in [0.717, 1.165) is 11.3 Å². The van der Waals surface area contributed by atoms with Crippen molar-refractivity contribution in [3.63, 3.8) is 0 Å². The van der Waals surface area contributed by atoms with E-state index < -0.39 is 0 Å². The van der Waals surface area contributed by atoms with Gasteiger partial charge in [0, 0.05) is 5.56 Å². The molecule has 0 spiro atoms. The van der Waals surface area contributed by atoms with Gasteiger partial charge in [0.1, 0.15) is 12.4 Å². The smallest absolute Gasteiger partial charge is 0.185 e. The molecule has 2 rings (SSSR count). The fraction of sp³-hybridized carbons (Fsp3) is 0.150. The zero-order chi connectivity index (χ0) is 17.4. The maximum absolute atomic E-state index is 12.3. The highest BCUT2D eigenvalue weighted by Crippen LogP contribution is 2.27. The van der Waals surface area contributed by atoms with E-state index >= 15 is 0 Å². The lowest BCUT2D eigenvalue weighted by molar-refractivity contribution is 0.104. The summed E-state index contributed by atoms with van der Waals surface area (Å²) in [5, 5.41) is 0. The van der Waals surface area contributed by atoms with Gasteiger partial charge in [0.15, 0.2) is 17.3 Å². The summed E-state index contributed by atoms with van der Waals surface area (Å²) in [6.45, 7) is 4.07. The van der Waals surface area contributed by atoms with Crippen LogP contribution < -0.4 is 14.2 Å². The van der Waals surface area contributed by atoms with E-state index in [4.69, 9.17) is 14.2 Å². The summed E-state index contributed by atoms with van der Waals surface area (Å²) >= 11 is 0. The fourth-order valence-corrected chi connectivity index (χ4v) is 2.09. The van der Waals surface area contributed by atoms with Gasteiger partial charge in [-0.15, -0.1) is 0 Å². The van der Waals surface area contributed by atoms with Gasteiger partial charge in [0.25, 0.3) is 0 Å². The summed E-state index contributed by atoms with van der Waals surface area (Å²) in [4.78, 5) is 12.3. The van der Waals surface area contributed by atoms with Crippen LogP contribution in [-0.4, -0.2) is 26.6 Å². The van der Waals surface area contributed by atoms with Gasteiger partial charge >= 0.3 is 0 Å². The van der Waals surface area contributed by atoms with Crippen LogP contribution in [0.5, 0.6) is 17.2 Å². The van der Waals surface area contributed by atoms with Crippen molar-refractivity contribution in [3.05, 3.63) is 72.3 Å². The topological polar surface area (TPSA) is 44.8 Å². The Kier molecular flexibility index (Phi) is 6.20. The van der Waals surface area contributed by atoms with Crippen LogP contribution in [0.1, 0.15) is 15.9 Å². The summed E-state index contributed by atoms with van der Waals surface area (Å²) in [5.41, 5.74) is 1.45. The molecule has 0 aromatic heterocycles. The van der Waals surface area contributed by atoms with Gasteiger partial charge in [-0.3, -0.25) is 4.79 Å². The maximum Gasteiger partial charge on any atom is 0.185 e. The lowest BCUT2D eigenvalue weighted by atomic mass is 10.1. The van der Waals surface area contributed by atoms with Gasteiger partial charge in [0.2, 0.25) is 0 Å². The second kappa shape index (κ2) is 8.58. The van der Waals surface area contributed by atoms with E-state index in [-0.39, 0.29) is 5.78 Å². The fourth-order valence-electron chi connectivity index (χ4n) is 2.09. The highest BCUT2D eigenvalue weighted by Gasteiger charge is 2.08. The Bertz CT molecular complexity index is 730. The van der Waals surface area contributed by atoms with Crippen LogP contribution in [0.2, 0.25) is 0 Å². The Morgan fingerprint density at radius 3 is 2.38 bits per heavy atom. The minimum Gasteiger partial charge on any atom is -0.493 e. The Hall–Kier alpha value is -3.01. The summed E-state index contributed by atoms with van der Waals surface area (Å²) in [7, 11) is 3.10. The molecule has 124 valence electrons. The van der Waals surface area contributed by atoms with Gasteiger partial charge in [-0.1, -0.05) is 30.9 Å². The number of rotatable bonds is 8. The molecule has 0 unspecified atom stereocenters. The molecule has 0 atom stereocenters. The molecule has 0 bridgehead atoms. The molecule has 4 heteroatoms. The third kappa shape index (κ3) is 4.49. The molecule has 0 aliphatic carbocycles. The predicted octanol–water partition coefficient (Wildman–Crippen LogP) is 4.16. The number of allylic oxidation sites excluding steroid dienone is 1. The van der Waals surface area contributed by atoms with Crippen LogP contribution in [0.3, 0.4) is 0 Å². The van der Waals surface area contributed by atoms with Gasteiger partial charge in [-0.25, -0.2) is 0 Å². The number of ether oxygens (including phenoxy) is 3. The van der Waals surface area contributed by atoms with E-state index in [9.17, 15) is 4.79 Å². The van der Waals surface area contributed by atoms with Crippen molar-refractivity contribution in [1.29, 1.82) is 0 Å². The highest BCUT2D eigenvalue weighted by atomic mass is 16.5. The van der Waals surface area contributed by atoms with Crippen molar-refractivity contribution in [3.8, 4) is 17.2 Å². The lowest BCUT2D eigenvalue weighted by Crippen LogP contribution is -1.97.